The van der Waals surface area contributed by atoms with Crippen LogP contribution in [0.15, 0.2) is 24.3 Å². The van der Waals surface area contributed by atoms with Crippen LogP contribution in [-0.2, 0) is 4.79 Å². The van der Waals surface area contributed by atoms with E-state index in [1.807, 2.05) is 0 Å². The van der Waals surface area contributed by atoms with E-state index in [0.29, 0.717) is 22.8 Å². The average molecular weight is 335 g/mol. The first kappa shape index (κ1) is 15.1. The fraction of sp³-hybridized carbons (Fsp3) is 0.133. The van der Waals surface area contributed by atoms with E-state index in [-0.39, 0.29) is 29.1 Å². The summed E-state index contributed by atoms with van der Waals surface area (Å²) in [6.45, 7) is 1.43. The number of carboxylic acids is 1. The van der Waals surface area contributed by atoms with Crippen molar-refractivity contribution in [3.05, 3.63) is 35.0 Å². The molecule has 3 rings (SSSR count). The predicted molar refractivity (Wildman–Crippen MR) is 82.1 cm³/mol. The summed E-state index contributed by atoms with van der Waals surface area (Å²) in [5.41, 5.74) is 0.790. The number of nitrogens with one attached hydrogen (secondary N) is 1. The van der Waals surface area contributed by atoms with Crippen molar-refractivity contribution in [2.45, 2.75) is 6.92 Å². The third-order valence-corrected chi connectivity index (χ3v) is 3.52. The molecule has 1 aromatic carbocycles. The van der Waals surface area contributed by atoms with Gasteiger partial charge in [-0.3, -0.25) is 4.79 Å². The van der Waals surface area contributed by atoms with Crippen LogP contribution >= 0.6 is 11.6 Å². The molecule has 0 aliphatic carbocycles. The van der Waals surface area contributed by atoms with Crippen LogP contribution in [0.25, 0.3) is 11.3 Å². The van der Waals surface area contributed by atoms with Gasteiger partial charge >= 0.3 is 5.97 Å². The molecule has 1 aliphatic heterocycles. The van der Waals surface area contributed by atoms with Gasteiger partial charge in [-0.1, -0.05) is 11.6 Å². The first-order valence-electron chi connectivity index (χ1n) is 6.57. The second kappa shape index (κ2) is 5.77. The second-order valence-electron chi connectivity index (χ2n) is 4.77. The molecule has 2 aromatic rings. The number of ether oxygens (including phenoxy) is 2. The minimum absolute atomic E-state index is 0.128. The highest BCUT2D eigenvalue weighted by molar-refractivity contribution is 6.36. The SMILES string of the molecule is CC(=O)Nc1cc(-c2ccc3c(c2)OCO3)nc(C(=O)O)c1Cl. The lowest BCUT2D eigenvalue weighted by atomic mass is 10.1. The molecule has 0 fully saturated rings. The van der Waals surface area contributed by atoms with Gasteiger partial charge in [0.25, 0.3) is 0 Å². The fourth-order valence-corrected chi connectivity index (χ4v) is 2.38. The molecule has 0 saturated carbocycles. The van der Waals surface area contributed by atoms with E-state index in [4.69, 9.17) is 21.1 Å². The standard InChI is InChI=1S/C15H11ClN2O5/c1-7(19)17-10-5-9(18-14(13(10)16)15(20)21)8-2-3-11-12(4-8)23-6-22-11/h2-5H,6H2,1H3,(H,20,21)(H,17,18,19). The molecule has 2 heterocycles. The lowest BCUT2D eigenvalue weighted by molar-refractivity contribution is -0.114. The van der Waals surface area contributed by atoms with Gasteiger partial charge in [0.2, 0.25) is 12.7 Å². The van der Waals surface area contributed by atoms with Gasteiger partial charge in [0.1, 0.15) is 0 Å². The summed E-state index contributed by atoms with van der Waals surface area (Å²) in [7, 11) is 0. The molecule has 0 spiro atoms. The van der Waals surface area contributed by atoms with Crippen molar-refractivity contribution in [2.75, 3.05) is 12.1 Å². The van der Waals surface area contributed by atoms with Gasteiger partial charge in [0, 0.05) is 12.5 Å². The van der Waals surface area contributed by atoms with Crippen LogP contribution in [0, 0.1) is 0 Å². The lowest BCUT2D eigenvalue weighted by Crippen LogP contribution is -2.10. The molecular weight excluding hydrogens is 324 g/mol. The lowest BCUT2D eigenvalue weighted by Gasteiger charge is -2.11. The zero-order valence-corrected chi connectivity index (χ0v) is 12.7. The van der Waals surface area contributed by atoms with Crippen molar-refractivity contribution >= 4 is 29.2 Å². The molecule has 8 heteroatoms. The van der Waals surface area contributed by atoms with E-state index in [1.54, 1.807) is 18.2 Å². The third kappa shape index (κ3) is 2.91. The van der Waals surface area contributed by atoms with Crippen LogP contribution in [0.2, 0.25) is 5.02 Å². The summed E-state index contributed by atoms with van der Waals surface area (Å²) in [5.74, 6) is -0.518. The predicted octanol–water partition coefficient (Wildman–Crippen LogP) is 2.79. The average Bonchev–Trinajstić information content (AvgIpc) is 2.95. The molecule has 0 atom stereocenters. The van der Waals surface area contributed by atoms with E-state index in [0.717, 1.165) is 0 Å². The molecule has 2 N–H and O–H groups in total. The molecule has 0 bridgehead atoms. The highest BCUT2D eigenvalue weighted by Crippen LogP contribution is 2.37. The topological polar surface area (TPSA) is 97.8 Å². The highest BCUT2D eigenvalue weighted by Gasteiger charge is 2.20. The highest BCUT2D eigenvalue weighted by atomic mass is 35.5. The van der Waals surface area contributed by atoms with Crippen molar-refractivity contribution in [2.24, 2.45) is 0 Å². The molecule has 0 unspecified atom stereocenters. The number of carbonyl (C=O) groups excluding carboxylic acids is 1. The maximum Gasteiger partial charge on any atom is 0.356 e. The molecule has 1 aromatic heterocycles. The fourth-order valence-electron chi connectivity index (χ4n) is 2.16. The van der Waals surface area contributed by atoms with Crippen LogP contribution < -0.4 is 14.8 Å². The maximum atomic E-state index is 11.3. The van der Waals surface area contributed by atoms with E-state index < -0.39 is 5.97 Å². The van der Waals surface area contributed by atoms with Crippen LogP contribution in [0.5, 0.6) is 11.5 Å². The smallest absolute Gasteiger partial charge is 0.356 e. The molecular formula is C15H11ClN2O5. The number of carboxylic acid groups (broad SMARTS) is 1. The number of amides is 1. The summed E-state index contributed by atoms with van der Waals surface area (Å²) >= 11 is 6.00. The molecule has 1 amide bonds. The third-order valence-electron chi connectivity index (χ3n) is 3.14. The van der Waals surface area contributed by atoms with E-state index in [9.17, 15) is 14.7 Å². The van der Waals surface area contributed by atoms with Crippen molar-refractivity contribution in [3.8, 4) is 22.8 Å². The normalized spacial score (nSPS) is 12.1. The van der Waals surface area contributed by atoms with Crippen molar-refractivity contribution < 1.29 is 24.2 Å². The Morgan fingerprint density at radius 2 is 2.00 bits per heavy atom. The van der Waals surface area contributed by atoms with Gasteiger partial charge in [-0.2, -0.15) is 0 Å². The monoisotopic (exact) mass is 334 g/mol. The summed E-state index contributed by atoms with van der Waals surface area (Å²) < 4.78 is 10.5. The van der Waals surface area contributed by atoms with Crippen LogP contribution in [0.4, 0.5) is 5.69 Å². The largest absolute Gasteiger partial charge is 0.476 e. The van der Waals surface area contributed by atoms with Crippen LogP contribution in [-0.4, -0.2) is 28.8 Å². The number of aromatic carboxylic acids is 1. The Balaban J connectivity index is 2.13. The zero-order chi connectivity index (χ0) is 16.6. The minimum Gasteiger partial charge on any atom is -0.476 e. The molecule has 23 heavy (non-hydrogen) atoms. The van der Waals surface area contributed by atoms with Crippen molar-refractivity contribution in [1.82, 2.24) is 4.98 Å². The number of fused-ring (bicyclic) bond motifs is 1. The van der Waals surface area contributed by atoms with Crippen molar-refractivity contribution in [1.29, 1.82) is 0 Å². The maximum absolute atomic E-state index is 11.3. The number of rotatable bonds is 3. The summed E-state index contributed by atoms with van der Waals surface area (Å²) in [4.78, 5) is 26.7. The van der Waals surface area contributed by atoms with E-state index in [2.05, 4.69) is 10.3 Å². The minimum atomic E-state index is -1.29. The van der Waals surface area contributed by atoms with Gasteiger partial charge in [0.05, 0.1) is 16.4 Å². The first-order chi connectivity index (χ1) is 11.0. The van der Waals surface area contributed by atoms with Crippen LogP contribution in [0.3, 0.4) is 0 Å². The van der Waals surface area contributed by atoms with Gasteiger partial charge < -0.3 is 19.9 Å². The number of halogens is 1. The number of hydrogen-bond acceptors (Lipinski definition) is 5. The van der Waals surface area contributed by atoms with E-state index in [1.165, 1.54) is 13.0 Å². The number of carbonyl (C=O) groups is 2. The van der Waals surface area contributed by atoms with Gasteiger partial charge in [0.15, 0.2) is 17.2 Å². The van der Waals surface area contributed by atoms with Gasteiger partial charge in [-0.15, -0.1) is 0 Å². The van der Waals surface area contributed by atoms with Gasteiger partial charge in [-0.05, 0) is 24.3 Å². The summed E-state index contributed by atoms with van der Waals surface area (Å²) in [5, 5.41) is 11.6. The first-order valence-corrected chi connectivity index (χ1v) is 6.95. The molecule has 7 nitrogen and oxygen atoms in total. The molecule has 0 radical (unpaired) electrons. The molecule has 0 saturated heterocycles. The Labute approximate surface area is 135 Å². The number of pyridine rings is 1. The second-order valence-corrected chi connectivity index (χ2v) is 5.15. The molecule has 1 aliphatic rings. The zero-order valence-electron chi connectivity index (χ0n) is 11.9. The molecule has 118 valence electrons. The van der Waals surface area contributed by atoms with Crippen LogP contribution in [0.1, 0.15) is 17.4 Å². The Kier molecular flexibility index (Phi) is 3.79. The van der Waals surface area contributed by atoms with E-state index >= 15 is 0 Å². The van der Waals surface area contributed by atoms with Gasteiger partial charge in [-0.25, -0.2) is 9.78 Å². The summed E-state index contributed by atoms with van der Waals surface area (Å²) in [6, 6.07) is 6.61. The number of anilines is 1. The van der Waals surface area contributed by atoms with Crippen molar-refractivity contribution in [3.63, 3.8) is 0 Å². The Bertz CT molecular complexity index is 822. The number of nitrogens with zero attached hydrogens (tertiary/aromatic N) is 1. The number of benzene rings is 1. The Morgan fingerprint density at radius 3 is 2.70 bits per heavy atom. The Morgan fingerprint density at radius 1 is 1.26 bits per heavy atom. The number of aromatic nitrogens is 1. The summed E-state index contributed by atoms with van der Waals surface area (Å²) in [6.07, 6.45) is 0. The number of hydrogen-bond donors (Lipinski definition) is 2. The quantitative estimate of drug-likeness (QED) is 0.895. The Hall–Kier alpha value is -2.80.